The lowest BCUT2D eigenvalue weighted by Crippen LogP contribution is -2.33. The van der Waals surface area contributed by atoms with Crippen LogP contribution in [0.25, 0.3) is 0 Å². The Bertz CT molecular complexity index is 1200. The molecule has 0 bridgehead atoms. The molecule has 0 saturated heterocycles. The molecule has 0 atom stereocenters. The monoisotopic (exact) mass is 473 g/mol. The van der Waals surface area contributed by atoms with Crippen molar-refractivity contribution < 1.29 is 31.3 Å². The smallest absolute Gasteiger partial charge is 0.339 e. The second-order valence-corrected chi connectivity index (χ2v) is 8.60. The third-order valence-corrected chi connectivity index (χ3v) is 6.05. The lowest BCUT2D eigenvalue weighted by atomic mass is 10.1. The second kappa shape index (κ2) is 10.9. The van der Waals surface area contributed by atoms with Crippen LogP contribution in [-0.2, 0) is 21.4 Å². The molecule has 0 radical (unpaired) electrons. The predicted octanol–water partition coefficient (Wildman–Crippen LogP) is 3.89. The van der Waals surface area contributed by atoms with Crippen molar-refractivity contribution in [2.75, 3.05) is 27.4 Å². The fraction of sp³-hybridized carbons (Fsp3) is 0.208. The van der Waals surface area contributed by atoms with Gasteiger partial charge in [0.25, 0.3) is 5.91 Å². The van der Waals surface area contributed by atoms with Gasteiger partial charge in [0, 0.05) is 31.3 Å². The summed E-state index contributed by atoms with van der Waals surface area (Å²) < 4.78 is 54.8. The molecule has 0 spiro atoms. The fourth-order valence-electron chi connectivity index (χ4n) is 3.09. The summed E-state index contributed by atoms with van der Waals surface area (Å²) in [6, 6.07) is 17.7. The number of halogens is 1. The van der Waals surface area contributed by atoms with Crippen LogP contribution >= 0.6 is 0 Å². The number of carbonyl (C=O) groups is 1. The summed E-state index contributed by atoms with van der Waals surface area (Å²) in [5, 5.41) is 0. The maximum atomic E-state index is 13.6. The molecular weight excluding hydrogens is 449 g/mol. The van der Waals surface area contributed by atoms with Crippen LogP contribution in [0.2, 0.25) is 0 Å². The molecule has 0 saturated carbocycles. The number of para-hydroxylation sites is 1. The molecule has 1 amide bonds. The zero-order chi connectivity index (χ0) is 23.8. The first-order valence-corrected chi connectivity index (χ1v) is 11.4. The Labute approximate surface area is 192 Å². The molecule has 3 rings (SSSR count). The summed E-state index contributed by atoms with van der Waals surface area (Å²) in [5.74, 6) is -0.344. The Morgan fingerprint density at radius 1 is 0.970 bits per heavy atom. The summed E-state index contributed by atoms with van der Waals surface area (Å²) in [5.41, 5.74) is 0.644. The van der Waals surface area contributed by atoms with E-state index in [0.717, 1.165) is 6.07 Å². The first-order valence-electron chi connectivity index (χ1n) is 10.0. The van der Waals surface area contributed by atoms with Crippen molar-refractivity contribution in [2.45, 2.75) is 11.4 Å². The summed E-state index contributed by atoms with van der Waals surface area (Å²) in [7, 11) is -1.14. The van der Waals surface area contributed by atoms with Gasteiger partial charge in [-0.1, -0.05) is 24.3 Å². The first kappa shape index (κ1) is 24.2. The lowest BCUT2D eigenvalue weighted by molar-refractivity contribution is 0.0679. The van der Waals surface area contributed by atoms with Gasteiger partial charge >= 0.3 is 10.1 Å². The highest BCUT2D eigenvalue weighted by molar-refractivity contribution is 7.87. The number of carbonyl (C=O) groups excluding carboxylic acids is 1. The number of ether oxygens (including phenoxy) is 2. The van der Waals surface area contributed by atoms with Crippen LogP contribution in [-0.4, -0.2) is 46.6 Å². The average molecular weight is 474 g/mol. The molecular formula is C24H24FNO6S. The molecule has 0 aliphatic carbocycles. The number of rotatable bonds is 10. The van der Waals surface area contributed by atoms with Crippen LogP contribution in [0.4, 0.5) is 4.39 Å². The molecule has 0 aromatic heterocycles. The molecule has 0 N–H and O–H groups in total. The Hall–Kier alpha value is -3.43. The van der Waals surface area contributed by atoms with Crippen LogP contribution in [0.15, 0.2) is 77.7 Å². The van der Waals surface area contributed by atoms with E-state index in [0.29, 0.717) is 11.3 Å². The minimum atomic E-state index is -4.12. The van der Waals surface area contributed by atoms with Crippen LogP contribution in [0.1, 0.15) is 15.9 Å². The van der Waals surface area contributed by atoms with Gasteiger partial charge in [0.2, 0.25) is 0 Å². The van der Waals surface area contributed by atoms with E-state index in [1.807, 2.05) is 0 Å². The maximum Gasteiger partial charge on any atom is 0.339 e. The normalized spacial score (nSPS) is 11.1. The highest BCUT2D eigenvalue weighted by Gasteiger charge is 2.22. The van der Waals surface area contributed by atoms with Gasteiger partial charge in [-0.25, -0.2) is 4.39 Å². The van der Waals surface area contributed by atoms with Gasteiger partial charge in [-0.05, 0) is 48.5 Å². The van der Waals surface area contributed by atoms with E-state index in [-0.39, 0.29) is 35.9 Å². The topological polar surface area (TPSA) is 82.1 Å². The van der Waals surface area contributed by atoms with Crippen molar-refractivity contribution in [1.82, 2.24) is 4.90 Å². The number of methoxy groups -OCH3 is 2. The highest BCUT2D eigenvalue weighted by Crippen LogP contribution is 2.26. The van der Waals surface area contributed by atoms with Gasteiger partial charge in [-0.3, -0.25) is 4.79 Å². The second-order valence-electron chi connectivity index (χ2n) is 7.05. The van der Waals surface area contributed by atoms with Crippen molar-refractivity contribution in [1.29, 1.82) is 0 Å². The maximum absolute atomic E-state index is 13.6. The van der Waals surface area contributed by atoms with E-state index < -0.39 is 21.8 Å². The van der Waals surface area contributed by atoms with Gasteiger partial charge in [-0.15, -0.1) is 0 Å². The fourth-order valence-corrected chi connectivity index (χ4v) is 4.05. The standard InChI is InChI=1S/C24H24FNO6S/c1-30-15-14-26(24(27)18-7-5-8-20(25)16-18)17-19-6-3-4-9-23(19)32-33(28,29)22-12-10-21(31-2)11-13-22/h3-13,16H,14-15,17H2,1-2H3. The zero-order valence-corrected chi connectivity index (χ0v) is 19.0. The van der Waals surface area contributed by atoms with Crippen LogP contribution in [0.5, 0.6) is 11.5 Å². The number of hydrogen-bond acceptors (Lipinski definition) is 6. The molecule has 174 valence electrons. The number of nitrogens with zero attached hydrogens (tertiary/aromatic N) is 1. The quantitative estimate of drug-likeness (QED) is 0.416. The van der Waals surface area contributed by atoms with Gasteiger partial charge in [0.05, 0.1) is 13.7 Å². The van der Waals surface area contributed by atoms with Gasteiger partial charge in [-0.2, -0.15) is 8.42 Å². The van der Waals surface area contributed by atoms with Crippen molar-refractivity contribution >= 4 is 16.0 Å². The van der Waals surface area contributed by atoms with Crippen molar-refractivity contribution in [3.8, 4) is 11.5 Å². The summed E-state index contributed by atoms with van der Waals surface area (Å²) >= 11 is 0. The van der Waals surface area contributed by atoms with E-state index in [2.05, 4.69) is 0 Å². The molecule has 0 unspecified atom stereocenters. The minimum Gasteiger partial charge on any atom is -0.497 e. The summed E-state index contributed by atoms with van der Waals surface area (Å²) in [6.45, 7) is 0.493. The molecule has 3 aromatic carbocycles. The van der Waals surface area contributed by atoms with E-state index in [1.165, 1.54) is 67.7 Å². The van der Waals surface area contributed by atoms with Crippen molar-refractivity contribution in [3.05, 3.63) is 89.7 Å². The molecule has 33 heavy (non-hydrogen) atoms. The lowest BCUT2D eigenvalue weighted by Gasteiger charge is -2.24. The minimum absolute atomic E-state index is 0.0347. The third kappa shape index (κ3) is 6.30. The van der Waals surface area contributed by atoms with E-state index in [9.17, 15) is 17.6 Å². The summed E-state index contributed by atoms with van der Waals surface area (Å²) in [6.07, 6.45) is 0. The molecule has 0 aliphatic heterocycles. The zero-order valence-electron chi connectivity index (χ0n) is 18.2. The number of amides is 1. The van der Waals surface area contributed by atoms with E-state index in [4.69, 9.17) is 13.7 Å². The molecule has 0 aliphatic rings. The van der Waals surface area contributed by atoms with Crippen LogP contribution < -0.4 is 8.92 Å². The molecule has 3 aromatic rings. The van der Waals surface area contributed by atoms with E-state index in [1.54, 1.807) is 18.2 Å². The number of benzene rings is 3. The Balaban J connectivity index is 1.87. The third-order valence-electron chi connectivity index (χ3n) is 4.81. The van der Waals surface area contributed by atoms with Crippen molar-refractivity contribution in [3.63, 3.8) is 0 Å². The Kier molecular flexibility index (Phi) is 8.02. The average Bonchev–Trinajstić information content (AvgIpc) is 2.82. The predicted molar refractivity (Wildman–Crippen MR) is 120 cm³/mol. The Morgan fingerprint density at radius 2 is 1.70 bits per heavy atom. The number of hydrogen-bond donors (Lipinski definition) is 0. The van der Waals surface area contributed by atoms with E-state index >= 15 is 0 Å². The van der Waals surface area contributed by atoms with Crippen molar-refractivity contribution in [2.24, 2.45) is 0 Å². The molecule has 7 nitrogen and oxygen atoms in total. The van der Waals surface area contributed by atoms with Gasteiger partial charge < -0.3 is 18.6 Å². The largest absolute Gasteiger partial charge is 0.497 e. The van der Waals surface area contributed by atoms with Crippen LogP contribution in [0, 0.1) is 5.82 Å². The Morgan fingerprint density at radius 3 is 2.36 bits per heavy atom. The molecule has 0 heterocycles. The molecule has 0 fully saturated rings. The van der Waals surface area contributed by atoms with Gasteiger partial charge in [0.15, 0.2) is 0 Å². The highest BCUT2D eigenvalue weighted by atomic mass is 32.2. The van der Waals surface area contributed by atoms with Crippen LogP contribution in [0.3, 0.4) is 0 Å². The first-order chi connectivity index (χ1) is 15.8. The molecule has 9 heteroatoms. The van der Waals surface area contributed by atoms with Gasteiger partial charge in [0.1, 0.15) is 22.2 Å². The summed E-state index contributed by atoms with van der Waals surface area (Å²) in [4.78, 5) is 14.4. The SMILES string of the molecule is COCCN(Cc1ccccc1OS(=O)(=O)c1ccc(OC)cc1)C(=O)c1cccc(F)c1.